The van der Waals surface area contributed by atoms with Crippen LogP contribution in [-0.4, -0.2) is 16.5 Å². The Hall–Kier alpha value is -1.65. The van der Waals surface area contributed by atoms with Crippen molar-refractivity contribution in [3.8, 4) is 11.4 Å². The Bertz CT molecular complexity index is 563. The normalized spacial score (nSPS) is 10.5. The lowest BCUT2D eigenvalue weighted by Crippen LogP contribution is -2.13. The van der Waals surface area contributed by atoms with Gasteiger partial charge in [-0.15, -0.1) is 0 Å². The molecule has 0 atom stereocenters. The molecule has 17 heavy (non-hydrogen) atoms. The van der Waals surface area contributed by atoms with Gasteiger partial charge in [0.25, 0.3) is 5.56 Å². The van der Waals surface area contributed by atoms with Crippen LogP contribution in [0.25, 0.3) is 11.4 Å². The van der Waals surface area contributed by atoms with Crippen LogP contribution < -0.4 is 11.3 Å². The highest BCUT2D eigenvalue weighted by Gasteiger charge is 2.03. The summed E-state index contributed by atoms with van der Waals surface area (Å²) in [7, 11) is 0. The van der Waals surface area contributed by atoms with Crippen LogP contribution in [0.1, 0.15) is 5.69 Å². The van der Waals surface area contributed by atoms with Gasteiger partial charge in [-0.25, -0.2) is 4.98 Å². The molecule has 4 nitrogen and oxygen atoms in total. The van der Waals surface area contributed by atoms with Crippen LogP contribution in [-0.2, 0) is 6.42 Å². The molecule has 0 saturated carbocycles. The van der Waals surface area contributed by atoms with Crippen molar-refractivity contribution < 1.29 is 0 Å². The zero-order chi connectivity index (χ0) is 12.3. The van der Waals surface area contributed by atoms with E-state index >= 15 is 0 Å². The van der Waals surface area contributed by atoms with Crippen LogP contribution in [0.5, 0.6) is 0 Å². The van der Waals surface area contributed by atoms with Crippen molar-refractivity contribution in [2.45, 2.75) is 6.42 Å². The van der Waals surface area contributed by atoms with E-state index in [4.69, 9.17) is 17.3 Å². The summed E-state index contributed by atoms with van der Waals surface area (Å²) in [5.41, 5.74) is 6.80. The third-order valence-electron chi connectivity index (χ3n) is 2.31. The molecule has 2 rings (SSSR count). The summed E-state index contributed by atoms with van der Waals surface area (Å²) in [5.74, 6) is 0.539. The van der Waals surface area contributed by atoms with E-state index in [1.807, 2.05) is 12.1 Å². The molecule has 0 saturated heterocycles. The molecule has 0 spiro atoms. The van der Waals surface area contributed by atoms with Crippen LogP contribution in [0.2, 0.25) is 5.02 Å². The maximum Gasteiger partial charge on any atom is 0.251 e. The van der Waals surface area contributed by atoms with Gasteiger partial charge in [0.1, 0.15) is 5.82 Å². The quantitative estimate of drug-likeness (QED) is 0.868. The molecular weight excluding hydrogens is 238 g/mol. The van der Waals surface area contributed by atoms with Crippen LogP contribution in [0.3, 0.4) is 0 Å². The van der Waals surface area contributed by atoms with Crippen LogP contribution in [0, 0.1) is 0 Å². The first kappa shape index (κ1) is 11.8. The molecule has 0 aliphatic carbocycles. The number of halogens is 1. The lowest BCUT2D eigenvalue weighted by atomic mass is 10.2. The first-order valence-electron chi connectivity index (χ1n) is 5.25. The molecule has 0 bridgehead atoms. The van der Waals surface area contributed by atoms with Gasteiger partial charge in [0, 0.05) is 28.8 Å². The Kier molecular flexibility index (Phi) is 3.56. The van der Waals surface area contributed by atoms with Crippen molar-refractivity contribution in [2.24, 2.45) is 5.73 Å². The lowest BCUT2D eigenvalue weighted by molar-refractivity contribution is 0.906. The highest BCUT2D eigenvalue weighted by atomic mass is 35.5. The number of hydrogen-bond donors (Lipinski definition) is 2. The number of nitrogens with two attached hydrogens (primary N) is 1. The minimum absolute atomic E-state index is 0.173. The zero-order valence-corrected chi connectivity index (χ0v) is 9.87. The topological polar surface area (TPSA) is 71.8 Å². The second-order valence-corrected chi connectivity index (χ2v) is 4.07. The molecule has 0 amide bonds. The van der Waals surface area contributed by atoms with Crippen molar-refractivity contribution in [3.63, 3.8) is 0 Å². The highest BCUT2D eigenvalue weighted by Crippen LogP contribution is 2.17. The predicted octanol–water partition coefficient (Wildman–Crippen LogP) is 1.59. The van der Waals surface area contributed by atoms with Crippen LogP contribution in [0.15, 0.2) is 35.1 Å². The van der Waals surface area contributed by atoms with Gasteiger partial charge in [-0.3, -0.25) is 4.79 Å². The number of nitrogens with one attached hydrogen (secondary N) is 1. The van der Waals surface area contributed by atoms with Crippen LogP contribution >= 0.6 is 11.6 Å². The predicted molar refractivity (Wildman–Crippen MR) is 68.1 cm³/mol. The number of aromatic nitrogens is 2. The minimum atomic E-state index is -0.173. The second kappa shape index (κ2) is 5.12. The summed E-state index contributed by atoms with van der Waals surface area (Å²) in [6.45, 7) is 0.469. The lowest BCUT2D eigenvalue weighted by Gasteiger charge is -2.03. The molecule has 0 unspecified atom stereocenters. The maximum absolute atomic E-state index is 11.5. The van der Waals surface area contributed by atoms with E-state index in [1.54, 1.807) is 12.1 Å². The fourth-order valence-corrected chi connectivity index (χ4v) is 1.65. The largest absolute Gasteiger partial charge is 0.330 e. The molecule has 0 aliphatic rings. The van der Waals surface area contributed by atoms with E-state index < -0.39 is 0 Å². The maximum atomic E-state index is 11.5. The van der Waals surface area contributed by atoms with Gasteiger partial charge in [-0.1, -0.05) is 11.6 Å². The first-order chi connectivity index (χ1) is 8.19. The van der Waals surface area contributed by atoms with E-state index in [2.05, 4.69) is 9.97 Å². The fraction of sp³-hybridized carbons (Fsp3) is 0.167. The number of benzene rings is 1. The molecule has 2 aromatic rings. The number of nitrogens with zero attached hydrogens (tertiary/aromatic N) is 1. The summed E-state index contributed by atoms with van der Waals surface area (Å²) in [6, 6.07) is 8.60. The molecule has 0 fully saturated rings. The van der Waals surface area contributed by atoms with E-state index in [9.17, 15) is 4.79 Å². The number of aromatic amines is 1. The molecule has 3 N–H and O–H groups in total. The van der Waals surface area contributed by atoms with Crippen molar-refractivity contribution >= 4 is 11.6 Å². The number of rotatable bonds is 3. The van der Waals surface area contributed by atoms with E-state index in [1.165, 1.54) is 6.07 Å². The third kappa shape index (κ3) is 2.93. The van der Waals surface area contributed by atoms with E-state index in [-0.39, 0.29) is 5.56 Å². The summed E-state index contributed by atoms with van der Waals surface area (Å²) < 4.78 is 0. The smallest absolute Gasteiger partial charge is 0.251 e. The van der Waals surface area contributed by atoms with Crippen molar-refractivity contribution in [1.29, 1.82) is 0 Å². The molecule has 0 aliphatic heterocycles. The molecule has 0 radical (unpaired) electrons. The molecule has 5 heteroatoms. The Labute approximate surface area is 103 Å². The average molecular weight is 250 g/mol. The SMILES string of the molecule is NCCc1cc(=O)[nH]c(-c2ccc(Cl)cc2)n1. The zero-order valence-electron chi connectivity index (χ0n) is 9.11. The standard InChI is InChI=1S/C12H12ClN3O/c13-9-3-1-8(2-4-9)12-15-10(5-6-14)7-11(17)16-12/h1-4,7H,5-6,14H2,(H,15,16,17). The summed E-state index contributed by atoms with van der Waals surface area (Å²) >= 11 is 5.80. The Balaban J connectivity index is 2.44. The van der Waals surface area contributed by atoms with Crippen molar-refractivity contribution in [3.05, 3.63) is 51.4 Å². The summed E-state index contributed by atoms with van der Waals surface area (Å²) in [4.78, 5) is 18.5. The fourth-order valence-electron chi connectivity index (χ4n) is 1.53. The van der Waals surface area contributed by atoms with Gasteiger partial charge in [-0.2, -0.15) is 0 Å². The van der Waals surface area contributed by atoms with Crippen LogP contribution in [0.4, 0.5) is 0 Å². The molecule has 1 aromatic carbocycles. The third-order valence-corrected chi connectivity index (χ3v) is 2.56. The van der Waals surface area contributed by atoms with Gasteiger partial charge in [0.2, 0.25) is 0 Å². The Morgan fingerprint density at radius 2 is 2.00 bits per heavy atom. The second-order valence-electron chi connectivity index (χ2n) is 3.63. The van der Waals surface area contributed by atoms with E-state index in [0.29, 0.717) is 29.5 Å². The Morgan fingerprint density at radius 3 is 2.65 bits per heavy atom. The number of hydrogen-bond acceptors (Lipinski definition) is 3. The van der Waals surface area contributed by atoms with Gasteiger partial charge in [0.05, 0.1) is 0 Å². The monoisotopic (exact) mass is 249 g/mol. The number of H-pyrrole nitrogens is 1. The van der Waals surface area contributed by atoms with Gasteiger partial charge in [-0.05, 0) is 30.8 Å². The van der Waals surface area contributed by atoms with Crippen molar-refractivity contribution in [1.82, 2.24) is 9.97 Å². The summed E-state index contributed by atoms with van der Waals surface area (Å²) in [6.07, 6.45) is 0.588. The van der Waals surface area contributed by atoms with E-state index in [0.717, 1.165) is 5.56 Å². The minimum Gasteiger partial charge on any atom is -0.330 e. The average Bonchev–Trinajstić information content (AvgIpc) is 2.29. The van der Waals surface area contributed by atoms with Gasteiger partial charge in [0.15, 0.2) is 0 Å². The molecule has 88 valence electrons. The van der Waals surface area contributed by atoms with Crippen molar-refractivity contribution in [2.75, 3.05) is 6.54 Å². The molecule has 1 aromatic heterocycles. The molecule has 1 heterocycles. The summed E-state index contributed by atoms with van der Waals surface area (Å²) in [5, 5.41) is 0.647. The van der Waals surface area contributed by atoms with Gasteiger partial charge >= 0.3 is 0 Å². The Morgan fingerprint density at radius 1 is 1.29 bits per heavy atom. The first-order valence-corrected chi connectivity index (χ1v) is 5.63. The highest BCUT2D eigenvalue weighted by molar-refractivity contribution is 6.30. The van der Waals surface area contributed by atoms with Gasteiger partial charge < -0.3 is 10.7 Å². The molecular formula is C12H12ClN3O.